The fourth-order valence-electron chi connectivity index (χ4n) is 2.53. The number of hydrogen-bond acceptors (Lipinski definition) is 4. The Balaban J connectivity index is 1.64. The van der Waals surface area contributed by atoms with E-state index in [9.17, 15) is 4.79 Å². The summed E-state index contributed by atoms with van der Waals surface area (Å²) in [7, 11) is 0. The van der Waals surface area contributed by atoms with Gasteiger partial charge in [-0.05, 0) is 30.9 Å². The van der Waals surface area contributed by atoms with E-state index in [0.717, 1.165) is 30.2 Å². The van der Waals surface area contributed by atoms with Gasteiger partial charge >= 0.3 is 0 Å². The predicted octanol–water partition coefficient (Wildman–Crippen LogP) is 3.01. The number of carbonyl (C=O) groups is 1. The van der Waals surface area contributed by atoms with Crippen LogP contribution in [0, 0.1) is 5.92 Å². The third-order valence-electron chi connectivity index (χ3n) is 3.75. The summed E-state index contributed by atoms with van der Waals surface area (Å²) in [5, 5.41) is 8.89. The number of rotatable bonds is 7. The van der Waals surface area contributed by atoms with Gasteiger partial charge in [-0.1, -0.05) is 43.8 Å². The van der Waals surface area contributed by atoms with E-state index in [4.69, 9.17) is 0 Å². The van der Waals surface area contributed by atoms with Gasteiger partial charge in [0.05, 0.1) is 5.75 Å². The Kier molecular flexibility index (Phi) is 5.00. The van der Waals surface area contributed by atoms with E-state index in [-0.39, 0.29) is 5.91 Å². The topological polar surface area (TPSA) is 51.0 Å². The lowest BCUT2D eigenvalue weighted by Gasteiger charge is -2.24. The molecule has 1 heterocycles. The molecule has 0 unspecified atom stereocenters. The maximum absolute atomic E-state index is 12.6. The molecule has 122 valence electrons. The van der Waals surface area contributed by atoms with Crippen LogP contribution in [0.3, 0.4) is 0 Å². The number of thioether (sulfide) groups is 1. The summed E-state index contributed by atoms with van der Waals surface area (Å²) in [4.78, 5) is 14.6. The molecule has 0 spiro atoms. The Morgan fingerprint density at radius 2 is 2.09 bits per heavy atom. The molecule has 1 amide bonds. The molecule has 2 aromatic rings. The zero-order chi connectivity index (χ0) is 16.2. The van der Waals surface area contributed by atoms with Gasteiger partial charge in [0, 0.05) is 18.3 Å². The van der Waals surface area contributed by atoms with Crippen LogP contribution in [0.1, 0.15) is 26.7 Å². The van der Waals surface area contributed by atoms with Crippen molar-refractivity contribution in [2.75, 3.05) is 12.3 Å². The molecule has 1 saturated carbocycles. The Morgan fingerprint density at radius 3 is 2.74 bits per heavy atom. The molecule has 0 aliphatic heterocycles. The van der Waals surface area contributed by atoms with Crippen molar-refractivity contribution < 1.29 is 4.79 Å². The number of hydrogen-bond donors (Lipinski definition) is 0. The van der Waals surface area contributed by atoms with Crippen LogP contribution < -0.4 is 0 Å². The molecule has 0 bridgehead atoms. The van der Waals surface area contributed by atoms with E-state index < -0.39 is 0 Å². The average molecular weight is 330 g/mol. The van der Waals surface area contributed by atoms with Crippen molar-refractivity contribution in [3.63, 3.8) is 0 Å². The first-order valence-electron chi connectivity index (χ1n) is 8.03. The van der Waals surface area contributed by atoms with Gasteiger partial charge in [0.2, 0.25) is 5.91 Å². The standard InChI is InChI=1S/C17H22N4OS/c1-13(2)10-20(15-8-9-15)16(22)11-23-17-19-18-12-21(17)14-6-4-3-5-7-14/h3-7,12-13,15H,8-11H2,1-2H3. The average Bonchev–Trinajstić information content (AvgIpc) is 3.28. The maximum atomic E-state index is 12.6. The third-order valence-corrected chi connectivity index (χ3v) is 4.67. The van der Waals surface area contributed by atoms with Gasteiger partial charge < -0.3 is 4.90 Å². The number of para-hydroxylation sites is 1. The second kappa shape index (κ2) is 7.17. The van der Waals surface area contributed by atoms with Crippen molar-refractivity contribution in [1.82, 2.24) is 19.7 Å². The van der Waals surface area contributed by atoms with Crippen LogP contribution >= 0.6 is 11.8 Å². The van der Waals surface area contributed by atoms with Crippen molar-refractivity contribution in [3.8, 4) is 5.69 Å². The van der Waals surface area contributed by atoms with E-state index in [0.29, 0.717) is 17.7 Å². The van der Waals surface area contributed by atoms with Gasteiger partial charge in [0.25, 0.3) is 0 Å². The molecule has 1 aromatic carbocycles. The zero-order valence-electron chi connectivity index (χ0n) is 13.6. The highest BCUT2D eigenvalue weighted by molar-refractivity contribution is 7.99. The van der Waals surface area contributed by atoms with Gasteiger partial charge in [-0.25, -0.2) is 0 Å². The van der Waals surface area contributed by atoms with Gasteiger partial charge in [-0.2, -0.15) is 0 Å². The van der Waals surface area contributed by atoms with Crippen LogP contribution in [0.2, 0.25) is 0 Å². The predicted molar refractivity (Wildman–Crippen MR) is 91.7 cm³/mol. The van der Waals surface area contributed by atoms with Crippen molar-refractivity contribution in [2.24, 2.45) is 5.92 Å². The molecule has 1 fully saturated rings. The number of aromatic nitrogens is 3. The van der Waals surface area contributed by atoms with E-state index in [1.165, 1.54) is 11.8 Å². The largest absolute Gasteiger partial charge is 0.339 e. The summed E-state index contributed by atoms with van der Waals surface area (Å²) in [6.45, 7) is 5.15. The van der Waals surface area contributed by atoms with Crippen LogP contribution in [0.5, 0.6) is 0 Å². The summed E-state index contributed by atoms with van der Waals surface area (Å²) in [5.74, 6) is 1.11. The first kappa shape index (κ1) is 16.1. The minimum atomic E-state index is 0.203. The van der Waals surface area contributed by atoms with E-state index in [1.54, 1.807) is 6.33 Å². The normalized spacial score (nSPS) is 14.2. The fourth-order valence-corrected chi connectivity index (χ4v) is 3.35. The van der Waals surface area contributed by atoms with Crippen LogP contribution in [0.4, 0.5) is 0 Å². The lowest BCUT2D eigenvalue weighted by Crippen LogP contribution is -2.37. The molecule has 6 heteroatoms. The van der Waals surface area contributed by atoms with Gasteiger partial charge in [0.15, 0.2) is 5.16 Å². The molecule has 1 aromatic heterocycles. The van der Waals surface area contributed by atoms with Crippen molar-refractivity contribution in [1.29, 1.82) is 0 Å². The lowest BCUT2D eigenvalue weighted by atomic mass is 10.2. The van der Waals surface area contributed by atoms with Crippen molar-refractivity contribution in [3.05, 3.63) is 36.7 Å². The first-order valence-corrected chi connectivity index (χ1v) is 9.01. The van der Waals surface area contributed by atoms with E-state index in [2.05, 4.69) is 24.0 Å². The summed E-state index contributed by atoms with van der Waals surface area (Å²) in [6.07, 6.45) is 3.97. The third kappa shape index (κ3) is 4.13. The highest BCUT2D eigenvalue weighted by Crippen LogP contribution is 2.29. The Hall–Kier alpha value is -1.82. The maximum Gasteiger partial charge on any atom is 0.233 e. The molecular formula is C17H22N4OS. The lowest BCUT2D eigenvalue weighted by molar-refractivity contribution is -0.129. The van der Waals surface area contributed by atoms with Crippen LogP contribution in [0.15, 0.2) is 41.8 Å². The number of amides is 1. The quantitative estimate of drug-likeness (QED) is 0.732. The molecule has 0 N–H and O–H groups in total. The SMILES string of the molecule is CC(C)CN(C(=O)CSc1nncn1-c1ccccc1)C1CC1. The minimum Gasteiger partial charge on any atom is -0.339 e. The molecular weight excluding hydrogens is 308 g/mol. The summed E-state index contributed by atoms with van der Waals surface area (Å²) in [5.41, 5.74) is 1.01. The monoisotopic (exact) mass is 330 g/mol. The van der Waals surface area contributed by atoms with Crippen molar-refractivity contribution >= 4 is 17.7 Å². The van der Waals surface area contributed by atoms with E-state index >= 15 is 0 Å². The molecule has 5 nitrogen and oxygen atoms in total. The highest BCUT2D eigenvalue weighted by Gasteiger charge is 2.32. The molecule has 1 aliphatic carbocycles. The van der Waals surface area contributed by atoms with Gasteiger partial charge in [0.1, 0.15) is 6.33 Å². The second-order valence-corrected chi connectivity index (χ2v) is 7.22. The number of nitrogens with zero attached hydrogens (tertiary/aromatic N) is 4. The fraction of sp³-hybridized carbons (Fsp3) is 0.471. The Bertz CT molecular complexity index is 652. The van der Waals surface area contributed by atoms with Crippen LogP contribution in [-0.2, 0) is 4.79 Å². The minimum absolute atomic E-state index is 0.203. The van der Waals surface area contributed by atoms with Gasteiger partial charge in [-0.3, -0.25) is 9.36 Å². The summed E-state index contributed by atoms with van der Waals surface area (Å²) in [6, 6.07) is 10.4. The molecule has 0 saturated heterocycles. The Labute approximate surface area is 141 Å². The summed E-state index contributed by atoms with van der Waals surface area (Å²) >= 11 is 1.46. The zero-order valence-corrected chi connectivity index (χ0v) is 14.4. The Morgan fingerprint density at radius 1 is 1.35 bits per heavy atom. The molecule has 0 radical (unpaired) electrons. The molecule has 0 atom stereocenters. The van der Waals surface area contributed by atoms with Crippen molar-refractivity contribution in [2.45, 2.75) is 37.9 Å². The smallest absolute Gasteiger partial charge is 0.233 e. The number of carbonyl (C=O) groups excluding carboxylic acids is 1. The second-order valence-electron chi connectivity index (χ2n) is 6.28. The molecule has 3 rings (SSSR count). The highest BCUT2D eigenvalue weighted by atomic mass is 32.2. The van der Waals surface area contributed by atoms with Crippen LogP contribution in [0.25, 0.3) is 5.69 Å². The van der Waals surface area contributed by atoms with Gasteiger partial charge in [-0.15, -0.1) is 10.2 Å². The molecule has 23 heavy (non-hydrogen) atoms. The summed E-state index contributed by atoms with van der Waals surface area (Å²) < 4.78 is 1.92. The van der Waals surface area contributed by atoms with Crippen LogP contribution in [-0.4, -0.2) is 43.9 Å². The number of benzene rings is 1. The molecule has 1 aliphatic rings. The van der Waals surface area contributed by atoms with E-state index in [1.807, 2.05) is 39.8 Å². The first-order chi connectivity index (χ1) is 11.1.